The Balaban J connectivity index is 2.61. The molecule has 3 nitrogen and oxygen atoms in total. The van der Waals surface area contributed by atoms with Crippen LogP contribution >= 0.6 is 0 Å². The maximum Gasteiger partial charge on any atom is 0.154 e. The molecule has 0 fully saturated rings. The molecule has 3 heteroatoms. The summed E-state index contributed by atoms with van der Waals surface area (Å²) in [5, 5.41) is 9.13. The fraction of sp³-hybridized carbons (Fsp3) is 0.250. The minimum Gasteiger partial charge on any atom is -0.494 e. The summed E-state index contributed by atoms with van der Waals surface area (Å²) < 4.78 is 5.12. The number of methoxy groups -OCH3 is 1. The largest absolute Gasteiger partial charge is 0.494 e. The van der Waals surface area contributed by atoms with Gasteiger partial charge in [0.2, 0.25) is 0 Å². The van der Waals surface area contributed by atoms with Gasteiger partial charge < -0.3 is 4.74 Å². The lowest BCUT2D eigenvalue weighted by Crippen LogP contribution is -1.95. The minimum absolute atomic E-state index is 0.505. The maximum atomic E-state index is 9.13. The van der Waals surface area contributed by atoms with Crippen molar-refractivity contribution in [3.8, 4) is 23.1 Å². The van der Waals surface area contributed by atoms with Gasteiger partial charge in [0.15, 0.2) is 5.75 Å². The molecule has 0 saturated heterocycles. The molecule has 0 spiro atoms. The summed E-state index contributed by atoms with van der Waals surface area (Å²) in [6.45, 7) is 6.27. The number of aryl methyl sites for hydroxylation is 1. The Hall–Kier alpha value is -2.34. The molecule has 1 aromatic carbocycles. The third-order valence-corrected chi connectivity index (χ3v) is 3.54. The van der Waals surface area contributed by atoms with Crippen molar-refractivity contribution in [3.63, 3.8) is 0 Å². The molecule has 0 radical (unpaired) electrons. The van der Waals surface area contributed by atoms with E-state index in [4.69, 9.17) is 10.00 Å². The number of pyridine rings is 1. The lowest BCUT2D eigenvalue weighted by atomic mass is 9.96. The molecule has 2 rings (SSSR count). The van der Waals surface area contributed by atoms with E-state index in [1.165, 1.54) is 16.7 Å². The number of hydrogen-bond acceptors (Lipinski definition) is 3. The van der Waals surface area contributed by atoms with Gasteiger partial charge in [-0.25, -0.2) is 0 Å². The molecule has 1 aromatic heterocycles. The molecule has 0 amide bonds. The van der Waals surface area contributed by atoms with Gasteiger partial charge in [0.25, 0.3) is 0 Å². The summed E-state index contributed by atoms with van der Waals surface area (Å²) >= 11 is 0. The van der Waals surface area contributed by atoms with E-state index >= 15 is 0 Å². The van der Waals surface area contributed by atoms with Gasteiger partial charge >= 0.3 is 0 Å². The highest BCUT2D eigenvalue weighted by Crippen LogP contribution is 2.28. The van der Waals surface area contributed by atoms with Crippen LogP contribution in [0.5, 0.6) is 5.75 Å². The summed E-state index contributed by atoms with van der Waals surface area (Å²) in [5.74, 6) is 0.507. The predicted octanol–water partition coefficient (Wildman–Crippen LogP) is 3.55. The zero-order valence-electron chi connectivity index (χ0n) is 11.6. The average Bonchev–Trinajstić information content (AvgIpc) is 2.44. The van der Waals surface area contributed by atoms with Crippen molar-refractivity contribution >= 4 is 0 Å². The first-order chi connectivity index (χ1) is 9.08. The molecular formula is C16H16N2O. The Morgan fingerprint density at radius 1 is 1.16 bits per heavy atom. The summed E-state index contributed by atoms with van der Waals surface area (Å²) in [6.07, 6.45) is 1.60. The van der Waals surface area contributed by atoms with Crippen molar-refractivity contribution in [1.29, 1.82) is 5.26 Å². The van der Waals surface area contributed by atoms with Crippen molar-refractivity contribution in [2.45, 2.75) is 20.8 Å². The zero-order valence-corrected chi connectivity index (χ0v) is 11.6. The van der Waals surface area contributed by atoms with Gasteiger partial charge in [-0.3, -0.25) is 4.98 Å². The third-order valence-electron chi connectivity index (χ3n) is 3.54. The Morgan fingerprint density at radius 2 is 1.89 bits per heavy atom. The predicted molar refractivity (Wildman–Crippen MR) is 75.2 cm³/mol. The summed E-state index contributed by atoms with van der Waals surface area (Å²) in [6, 6.07) is 8.04. The van der Waals surface area contributed by atoms with Gasteiger partial charge in [0.05, 0.1) is 24.6 Å². The van der Waals surface area contributed by atoms with Gasteiger partial charge in [-0.15, -0.1) is 0 Å². The van der Waals surface area contributed by atoms with Crippen LogP contribution in [-0.2, 0) is 0 Å². The molecule has 0 saturated carbocycles. The van der Waals surface area contributed by atoms with Crippen molar-refractivity contribution < 1.29 is 4.74 Å². The van der Waals surface area contributed by atoms with Crippen molar-refractivity contribution in [2.75, 3.05) is 7.11 Å². The number of hydrogen-bond donors (Lipinski definition) is 0. The number of aromatic nitrogens is 1. The monoisotopic (exact) mass is 252 g/mol. The first-order valence-corrected chi connectivity index (χ1v) is 6.09. The quantitative estimate of drug-likeness (QED) is 0.821. The average molecular weight is 252 g/mol. The second-order valence-electron chi connectivity index (χ2n) is 4.56. The van der Waals surface area contributed by atoms with Crippen molar-refractivity contribution in [3.05, 3.63) is 46.6 Å². The molecule has 0 aliphatic rings. The highest BCUT2D eigenvalue weighted by Gasteiger charge is 2.10. The Labute approximate surface area is 113 Å². The molecular weight excluding hydrogens is 236 g/mol. The highest BCUT2D eigenvalue weighted by molar-refractivity contribution is 5.68. The molecule has 0 unspecified atom stereocenters. The van der Waals surface area contributed by atoms with E-state index in [1.54, 1.807) is 19.4 Å². The SMILES string of the molecule is COc1cnc(-c2ccc(C)c(C)c2C)cc1C#N. The van der Waals surface area contributed by atoms with Crippen LogP contribution in [0.2, 0.25) is 0 Å². The van der Waals surface area contributed by atoms with Gasteiger partial charge in [0.1, 0.15) is 6.07 Å². The molecule has 1 heterocycles. The number of rotatable bonds is 2. The van der Waals surface area contributed by atoms with E-state index in [-0.39, 0.29) is 0 Å². The summed E-state index contributed by atoms with van der Waals surface area (Å²) in [5.41, 5.74) is 6.08. The molecule has 0 bridgehead atoms. The van der Waals surface area contributed by atoms with E-state index in [0.29, 0.717) is 11.3 Å². The molecule has 0 N–H and O–H groups in total. The topological polar surface area (TPSA) is 45.9 Å². The highest BCUT2D eigenvalue weighted by atomic mass is 16.5. The van der Waals surface area contributed by atoms with Gasteiger partial charge in [0, 0.05) is 5.56 Å². The maximum absolute atomic E-state index is 9.13. The first-order valence-electron chi connectivity index (χ1n) is 6.09. The van der Waals surface area contributed by atoms with Crippen LogP contribution in [0.1, 0.15) is 22.3 Å². The summed E-state index contributed by atoms with van der Waals surface area (Å²) in [4.78, 5) is 4.38. The molecule has 0 atom stereocenters. The molecule has 2 aromatic rings. The van der Waals surface area contributed by atoms with Crippen LogP contribution in [0, 0.1) is 32.1 Å². The van der Waals surface area contributed by atoms with Crippen LogP contribution in [-0.4, -0.2) is 12.1 Å². The fourth-order valence-electron chi connectivity index (χ4n) is 2.07. The number of ether oxygens (including phenoxy) is 1. The molecule has 0 aliphatic heterocycles. The first kappa shape index (κ1) is 13.1. The summed E-state index contributed by atoms with van der Waals surface area (Å²) in [7, 11) is 1.54. The smallest absolute Gasteiger partial charge is 0.154 e. The van der Waals surface area contributed by atoms with Crippen LogP contribution in [0.3, 0.4) is 0 Å². The van der Waals surface area contributed by atoms with E-state index in [1.807, 2.05) is 6.07 Å². The van der Waals surface area contributed by atoms with Crippen LogP contribution < -0.4 is 4.74 Å². The van der Waals surface area contributed by atoms with Crippen LogP contribution in [0.15, 0.2) is 24.4 Å². The number of benzene rings is 1. The molecule has 19 heavy (non-hydrogen) atoms. The van der Waals surface area contributed by atoms with E-state index < -0.39 is 0 Å². The second kappa shape index (κ2) is 5.11. The Morgan fingerprint density at radius 3 is 2.53 bits per heavy atom. The number of nitriles is 1. The van der Waals surface area contributed by atoms with Crippen LogP contribution in [0.25, 0.3) is 11.3 Å². The minimum atomic E-state index is 0.505. The fourth-order valence-corrected chi connectivity index (χ4v) is 2.07. The van der Waals surface area contributed by atoms with E-state index in [2.05, 4.69) is 37.9 Å². The van der Waals surface area contributed by atoms with Gasteiger partial charge in [-0.1, -0.05) is 12.1 Å². The third kappa shape index (κ3) is 2.30. The standard InChI is InChI=1S/C16H16N2O/c1-10-5-6-14(12(3)11(10)2)15-7-13(8-17)16(19-4)9-18-15/h5-7,9H,1-4H3. The normalized spacial score (nSPS) is 10.1. The lowest BCUT2D eigenvalue weighted by Gasteiger charge is -2.11. The Bertz CT molecular complexity index is 669. The van der Waals surface area contributed by atoms with Gasteiger partial charge in [-0.05, 0) is 43.5 Å². The number of nitrogens with zero attached hydrogens (tertiary/aromatic N) is 2. The van der Waals surface area contributed by atoms with Crippen molar-refractivity contribution in [2.24, 2.45) is 0 Å². The zero-order chi connectivity index (χ0) is 14.0. The second-order valence-corrected chi connectivity index (χ2v) is 4.56. The van der Waals surface area contributed by atoms with E-state index in [9.17, 15) is 0 Å². The van der Waals surface area contributed by atoms with Crippen LogP contribution in [0.4, 0.5) is 0 Å². The van der Waals surface area contributed by atoms with Gasteiger partial charge in [-0.2, -0.15) is 5.26 Å². The molecule has 0 aliphatic carbocycles. The Kier molecular flexibility index (Phi) is 3.52. The lowest BCUT2D eigenvalue weighted by molar-refractivity contribution is 0.411. The molecule has 96 valence electrons. The van der Waals surface area contributed by atoms with Crippen molar-refractivity contribution in [1.82, 2.24) is 4.98 Å². The van der Waals surface area contributed by atoms with E-state index in [0.717, 1.165) is 11.3 Å².